The fourth-order valence-corrected chi connectivity index (χ4v) is 3.82. The van der Waals surface area contributed by atoms with Crippen LogP contribution in [0.15, 0.2) is 42.5 Å². The molecule has 7 heteroatoms. The predicted octanol–water partition coefficient (Wildman–Crippen LogP) is 3.02. The Kier molecular flexibility index (Phi) is 7.28. The average Bonchev–Trinajstić information content (AvgIpc) is 2.77. The highest BCUT2D eigenvalue weighted by molar-refractivity contribution is 5.96. The lowest BCUT2D eigenvalue weighted by atomic mass is 9.96. The molecule has 0 aliphatic carbocycles. The van der Waals surface area contributed by atoms with Crippen LogP contribution in [0.3, 0.4) is 0 Å². The fourth-order valence-electron chi connectivity index (χ4n) is 3.82. The van der Waals surface area contributed by atoms with Gasteiger partial charge in [-0.25, -0.2) is 0 Å². The van der Waals surface area contributed by atoms with E-state index in [4.69, 9.17) is 4.74 Å². The van der Waals surface area contributed by atoms with Gasteiger partial charge in [0.25, 0.3) is 11.8 Å². The van der Waals surface area contributed by atoms with Crippen LogP contribution in [0.25, 0.3) is 0 Å². The van der Waals surface area contributed by atoms with Crippen molar-refractivity contribution in [1.29, 1.82) is 0 Å². The number of hydrazine groups is 1. The van der Waals surface area contributed by atoms with Crippen molar-refractivity contribution >= 4 is 17.7 Å². The van der Waals surface area contributed by atoms with Crippen LogP contribution in [0.2, 0.25) is 0 Å². The Morgan fingerprint density at radius 1 is 1.00 bits per heavy atom. The van der Waals surface area contributed by atoms with E-state index in [1.54, 1.807) is 29.2 Å². The van der Waals surface area contributed by atoms with Gasteiger partial charge in [0.05, 0.1) is 12.5 Å². The maximum Gasteiger partial charge on any atom is 0.269 e. The third kappa shape index (κ3) is 5.84. The van der Waals surface area contributed by atoms with Gasteiger partial charge in [-0.3, -0.25) is 25.2 Å². The molecule has 3 amide bonds. The molecule has 2 N–H and O–H groups in total. The molecule has 0 radical (unpaired) electrons. The van der Waals surface area contributed by atoms with E-state index in [9.17, 15) is 14.4 Å². The Morgan fingerprint density at radius 3 is 2.32 bits per heavy atom. The van der Waals surface area contributed by atoms with Crippen LogP contribution < -0.4 is 15.6 Å². The van der Waals surface area contributed by atoms with Gasteiger partial charge in [0.15, 0.2) is 0 Å². The number of nitrogens with zero attached hydrogens (tertiary/aromatic N) is 1. The van der Waals surface area contributed by atoms with Crippen LogP contribution in [-0.2, 0) is 4.79 Å². The minimum Gasteiger partial charge on any atom is -0.494 e. The number of carbonyl (C=O) groups excluding carboxylic acids is 3. The third-order valence-electron chi connectivity index (χ3n) is 5.27. The van der Waals surface area contributed by atoms with Gasteiger partial charge in [-0.1, -0.05) is 17.2 Å². The van der Waals surface area contributed by atoms with Gasteiger partial charge in [-0.15, -0.1) is 0 Å². The maximum absolute atomic E-state index is 12.9. The lowest BCUT2D eigenvalue weighted by molar-refractivity contribution is -0.127. The molecular weight excluding hydrogens is 394 g/mol. The van der Waals surface area contributed by atoms with E-state index in [2.05, 4.69) is 10.9 Å². The predicted molar refractivity (Wildman–Crippen MR) is 118 cm³/mol. The second kappa shape index (κ2) is 10.1. The molecule has 1 saturated heterocycles. The molecule has 31 heavy (non-hydrogen) atoms. The number of rotatable bonds is 5. The molecule has 0 unspecified atom stereocenters. The van der Waals surface area contributed by atoms with Gasteiger partial charge in [-0.05, 0) is 70.0 Å². The van der Waals surface area contributed by atoms with Crippen LogP contribution in [0, 0.1) is 19.8 Å². The summed E-state index contributed by atoms with van der Waals surface area (Å²) in [5.74, 6) is -0.460. The van der Waals surface area contributed by atoms with Crippen LogP contribution in [0.4, 0.5) is 0 Å². The van der Waals surface area contributed by atoms with Crippen molar-refractivity contribution in [2.45, 2.75) is 33.6 Å². The lowest BCUT2D eigenvalue weighted by Gasteiger charge is -2.32. The van der Waals surface area contributed by atoms with Crippen LogP contribution in [0.5, 0.6) is 5.75 Å². The molecule has 1 atom stereocenters. The zero-order valence-corrected chi connectivity index (χ0v) is 18.2. The summed E-state index contributed by atoms with van der Waals surface area (Å²) in [7, 11) is 0. The average molecular weight is 424 g/mol. The number of carbonyl (C=O) groups is 3. The largest absolute Gasteiger partial charge is 0.494 e. The molecule has 0 spiro atoms. The third-order valence-corrected chi connectivity index (χ3v) is 5.27. The minimum absolute atomic E-state index is 0.0669. The molecule has 1 aliphatic heterocycles. The highest BCUT2D eigenvalue weighted by Crippen LogP contribution is 2.20. The van der Waals surface area contributed by atoms with Gasteiger partial charge in [0.1, 0.15) is 5.75 Å². The molecule has 1 heterocycles. The molecular formula is C24H29N3O4. The number of nitrogens with one attached hydrogen (secondary N) is 2. The van der Waals surface area contributed by atoms with Crippen LogP contribution in [-0.4, -0.2) is 42.3 Å². The number of piperidine rings is 1. The summed E-state index contributed by atoms with van der Waals surface area (Å²) in [5.41, 5.74) is 8.08. The Labute approximate surface area is 182 Å². The molecule has 0 bridgehead atoms. The quantitative estimate of drug-likeness (QED) is 0.724. The zero-order chi connectivity index (χ0) is 22.4. The van der Waals surface area contributed by atoms with E-state index in [1.165, 1.54) is 0 Å². The van der Waals surface area contributed by atoms with Gasteiger partial charge < -0.3 is 9.64 Å². The SMILES string of the molecule is CCOc1ccc(C(=O)NNC(=O)[C@H]2CCCN(C(=O)c3cc(C)cc(C)c3)C2)cc1. The van der Waals surface area contributed by atoms with Crippen molar-refractivity contribution in [3.05, 3.63) is 64.7 Å². The van der Waals surface area contributed by atoms with Gasteiger partial charge in [-0.2, -0.15) is 0 Å². The number of hydrogen-bond acceptors (Lipinski definition) is 4. The topological polar surface area (TPSA) is 87.7 Å². The summed E-state index contributed by atoms with van der Waals surface area (Å²) in [6.45, 7) is 7.31. The van der Waals surface area contributed by atoms with Crippen LogP contribution in [0.1, 0.15) is 51.6 Å². The molecule has 2 aromatic carbocycles. The van der Waals surface area contributed by atoms with Crippen molar-refractivity contribution in [3.63, 3.8) is 0 Å². The maximum atomic E-state index is 12.9. The van der Waals surface area contributed by atoms with E-state index >= 15 is 0 Å². The van der Waals surface area contributed by atoms with E-state index < -0.39 is 5.91 Å². The summed E-state index contributed by atoms with van der Waals surface area (Å²) >= 11 is 0. The number of likely N-dealkylation sites (tertiary alicyclic amines) is 1. The van der Waals surface area contributed by atoms with Crippen molar-refractivity contribution in [1.82, 2.24) is 15.8 Å². The van der Waals surface area contributed by atoms with Crippen molar-refractivity contribution in [2.24, 2.45) is 5.92 Å². The van der Waals surface area contributed by atoms with Gasteiger partial charge >= 0.3 is 0 Å². The van der Waals surface area contributed by atoms with Crippen LogP contribution >= 0.6 is 0 Å². The summed E-state index contributed by atoms with van der Waals surface area (Å²) in [5, 5.41) is 0. The second-order valence-corrected chi connectivity index (χ2v) is 7.87. The summed E-state index contributed by atoms with van der Waals surface area (Å²) in [6.07, 6.45) is 1.41. The Hall–Kier alpha value is -3.35. The zero-order valence-electron chi connectivity index (χ0n) is 18.2. The first-order chi connectivity index (χ1) is 14.9. The highest BCUT2D eigenvalue weighted by atomic mass is 16.5. The standard InChI is InChI=1S/C24H29N3O4/c1-4-31-21-9-7-18(8-10-21)22(28)25-26-23(29)19-6-5-11-27(15-19)24(30)20-13-16(2)12-17(3)14-20/h7-10,12-14,19H,4-6,11,15H2,1-3H3,(H,25,28)(H,26,29)/t19-/m0/s1. The molecule has 1 fully saturated rings. The first-order valence-electron chi connectivity index (χ1n) is 10.6. The summed E-state index contributed by atoms with van der Waals surface area (Å²) < 4.78 is 5.36. The Balaban J connectivity index is 1.55. The summed E-state index contributed by atoms with van der Waals surface area (Å²) in [4.78, 5) is 39.5. The van der Waals surface area contributed by atoms with Gasteiger partial charge in [0.2, 0.25) is 5.91 Å². The molecule has 1 aliphatic rings. The first kappa shape index (κ1) is 22.3. The second-order valence-electron chi connectivity index (χ2n) is 7.87. The first-order valence-corrected chi connectivity index (χ1v) is 10.6. The van der Waals surface area contributed by atoms with E-state index in [0.29, 0.717) is 43.0 Å². The van der Waals surface area contributed by atoms with Crippen molar-refractivity contribution in [3.8, 4) is 5.75 Å². The number of hydrogen-bond donors (Lipinski definition) is 2. The summed E-state index contributed by atoms with van der Waals surface area (Å²) in [6, 6.07) is 12.5. The molecule has 0 aromatic heterocycles. The molecule has 7 nitrogen and oxygen atoms in total. The number of ether oxygens (including phenoxy) is 1. The monoisotopic (exact) mass is 423 g/mol. The normalized spacial score (nSPS) is 15.8. The van der Waals surface area contributed by atoms with Crippen molar-refractivity contribution < 1.29 is 19.1 Å². The Bertz CT molecular complexity index is 936. The molecule has 164 valence electrons. The van der Waals surface area contributed by atoms with Gasteiger partial charge in [0, 0.05) is 24.2 Å². The Morgan fingerprint density at radius 2 is 1.68 bits per heavy atom. The van der Waals surface area contributed by atoms with Crippen molar-refractivity contribution in [2.75, 3.05) is 19.7 Å². The number of aryl methyl sites for hydroxylation is 2. The molecule has 0 saturated carbocycles. The fraction of sp³-hybridized carbons (Fsp3) is 0.375. The molecule has 2 aromatic rings. The highest BCUT2D eigenvalue weighted by Gasteiger charge is 2.29. The minimum atomic E-state index is -0.407. The molecule has 3 rings (SSSR count). The van der Waals surface area contributed by atoms with E-state index in [0.717, 1.165) is 17.5 Å². The van der Waals surface area contributed by atoms with E-state index in [1.807, 2.05) is 39.0 Å². The number of benzene rings is 2. The number of amides is 3. The van der Waals surface area contributed by atoms with E-state index in [-0.39, 0.29) is 17.7 Å². The lowest BCUT2D eigenvalue weighted by Crippen LogP contribution is -2.50. The smallest absolute Gasteiger partial charge is 0.269 e.